The summed E-state index contributed by atoms with van der Waals surface area (Å²) in [6, 6.07) is 11.0. The van der Waals surface area contributed by atoms with Crippen LogP contribution < -0.4 is 0 Å². The average molecular weight is 430 g/mol. The van der Waals surface area contributed by atoms with Crippen LogP contribution in [0.2, 0.25) is 0 Å². The van der Waals surface area contributed by atoms with Gasteiger partial charge in [0.2, 0.25) is 0 Å². The molecule has 8 nitrogen and oxygen atoms in total. The van der Waals surface area contributed by atoms with E-state index >= 15 is 0 Å². The van der Waals surface area contributed by atoms with Gasteiger partial charge in [0.25, 0.3) is 0 Å². The summed E-state index contributed by atoms with van der Waals surface area (Å²) in [7, 11) is 0. The van der Waals surface area contributed by atoms with Gasteiger partial charge in [0.05, 0.1) is 24.6 Å². The lowest BCUT2D eigenvalue weighted by Crippen LogP contribution is -2.07. The first-order valence-corrected chi connectivity index (χ1v) is 10.2. The number of ether oxygens (including phenoxy) is 2. The fourth-order valence-corrected chi connectivity index (χ4v) is 3.45. The van der Waals surface area contributed by atoms with Crippen molar-refractivity contribution in [3.63, 3.8) is 0 Å². The van der Waals surface area contributed by atoms with Gasteiger partial charge in [-0.05, 0) is 61.4 Å². The minimum absolute atomic E-state index is 0.255. The molecule has 0 spiro atoms. The number of aromatic amines is 2. The van der Waals surface area contributed by atoms with Crippen LogP contribution >= 0.6 is 0 Å². The molecule has 0 fully saturated rings. The van der Waals surface area contributed by atoms with Crippen molar-refractivity contribution in [1.29, 1.82) is 0 Å². The van der Waals surface area contributed by atoms with E-state index in [1.54, 1.807) is 38.6 Å². The minimum atomic E-state index is -0.461. The number of carbonyl (C=O) groups excluding carboxylic acids is 2. The lowest BCUT2D eigenvalue weighted by Gasteiger charge is -2.03. The van der Waals surface area contributed by atoms with Crippen molar-refractivity contribution in [2.75, 3.05) is 13.2 Å². The van der Waals surface area contributed by atoms with E-state index in [4.69, 9.17) is 9.47 Å². The molecule has 0 saturated heterocycles. The topological polar surface area (TPSA) is 110 Å². The molecule has 0 radical (unpaired) electrons. The van der Waals surface area contributed by atoms with Gasteiger partial charge < -0.3 is 19.4 Å². The first-order valence-electron chi connectivity index (χ1n) is 10.2. The molecule has 4 aromatic heterocycles. The summed E-state index contributed by atoms with van der Waals surface area (Å²) in [6.45, 7) is 4.02. The standard InChI is InChI=1S/C24H22N4O4/c1-3-31-23(29)21-17(15-5-9-25-10-6-15)13-19(27-21)20-14-18(16-7-11-26-12-8-16)22(28-20)24(30)32-4-2/h5-14,27-28H,3-4H2,1-2H3. The molecule has 0 amide bonds. The molecule has 2 N–H and O–H groups in total. The van der Waals surface area contributed by atoms with Crippen LogP contribution in [0, 0.1) is 0 Å². The molecule has 0 aliphatic heterocycles. The minimum Gasteiger partial charge on any atom is -0.461 e. The predicted octanol–water partition coefficient (Wildman–Crippen LogP) is 4.49. The molecular formula is C24H22N4O4. The first kappa shape index (κ1) is 21.0. The van der Waals surface area contributed by atoms with Gasteiger partial charge in [0.15, 0.2) is 0 Å². The molecule has 0 aromatic carbocycles. The zero-order chi connectivity index (χ0) is 22.5. The maximum Gasteiger partial charge on any atom is 0.355 e. The Kier molecular flexibility index (Phi) is 6.12. The molecule has 0 unspecified atom stereocenters. The summed E-state index contributed by atoms with van der Waals surface area (Å²) in [5.74, 6) is -0.922. The number of nitrogens with one attached hydrogen (secondary N) is 2. The SMILES string of the molecule is CCOC(=O)c1[nH]c(-c2cc(-c3ccncc3)c(C(=O)OCC)[nH]2)cc1-c1ccncc1. The van der Waals surface area contributed by atoms with Gasteiger partial charge in [0, 0.05) is 35.9 Å². The molecule has 0 bridgehead atoms. The van der Waals surface area contributed by atoms with Crippen molar-refractivity contribution in [3.05, 3.63) is 72.6 Å². The highest BCUT2D eigenvalue weighted by atomic mass is 16.5. The van der Waals surface area contributed by atoms with Gasteiger partial charge in [-0.1, -0.05) is 0 Å². The first-order chi connectivity index (χ1) is 15.6. The fraction of sp³-hybridized carbons (Fsp3) is 0.167. The Labute approximate surface area is 184 Å². The van der Waals surface area contributed by atoms with Crippen LogP contribution in [-0.4, -0.2) is 45.1 Å². The van der Waals surface area contributed by atoms with Crippen LogP contribution in [-0.2, 0) is 9.47 Å². The average Bonchev–Trinajstić information content (AvgIpc) is 3.46. The van der Waals surface area contributed by atoms with E-state index in [0.717, 1.165) is 11.1 Å². The van der Waals surface area contributed by atoms with E-state index in [2.05, 4.69) is 19.9 Å². The predicted molar refractivity (Wildman–Crippen MR) is 119 cm³/mol. The van der Waals surface area contributed by atoms with Crippen molar-refractivity contribution >= 4 is 11.9 Å². The van der Waals surface area contributed by atoms with Crippen LogP contribution in [0.25, 0.3) is 33.6 Å². The summed E-state index contributed by atoms with van der Waals surface area (Å²) in [6.07, 6.45) is 6.63. The summed E-state index contributed by atoms with van der Waals surface area (Å²) < 4.78 is 10.5. The van der Waals surface area contributed by atoms with E-state index in [0.29, 0.717) is 33.9 Å². The number of pyridine rings is 2. The highest BCUT2D eigenvalue weighted by Crippen LogP contribution is 2.33. The highest BCUT2D eigenvalue weighted by Gasteiger charge is 2.23. The van der Waals surface area contributed by atoms with Gasteiger partial charge in [-0.2, -0.15) is 0 Å². The second-order valence-electron chi connectivity index (χ2n) is 6.86. The highest BCUT2D eigenvalue weighted by molar-refractivity contribution is 5.99. The third-order valence-corrected chi connectivity index (χ3v) is 4.87. The van der Waals surface area contributed by atoms with Gasteiger partial charge in [-0.25, -0.2) is 9.59 Å². The maximum atomic E-state index is 12.6. The second kappa shape index (κ2) is 9.30. The van der Waals surface area contributed by atoms with Crippen LogP contribution in [0.15, 0.2) is 61.2 Å². The van der Waals surface area contributed by atoms with Crippen molar-refractivity contribution in [3.8, 4) is 33.6 Å². The van der Waals surface area contributed by atoms with Crippen LogP contribution in [0.1, 0.15) is 34.8 Å². The Bertz CT molecular complexity index is 1130. The van der Waals surface area contributed by atoms with Crippen molar-refractivity contribution in [1.82, 2.24) is 19.9 Å². The van der Waals surface area contributed by atoms with Gasteiger partial charge in [-0.15, -0.1) is 0 Å². The molecule has 4 aromatic rings. The van der Waals surface area contributed by atoms with Gasteiger partial charge in [-0.3, -0.25) is 9.97 Å². The number of hydrogen-bond donors (Lipinski definition) is 2. The van der Waals surface area contributed by atoms with Gasteiger partial charge >= 0.3 is 11.9 Å². The van der Waals surface area contributed by atoms with Crippen LogP contribution in [0.3, 0.4) is 0 Å². The quantitative estimate of drug-likeness (QED) is 0.418. The second-order valence-corrected chi connectivity index (χ2v) is 6.86. The van der Waals surface area contributed by atoms with Crippen molar-refractivity contribution in [2.45, 2.75) is 13.8 Å². The smallest absolute Gasteiger partial charge is 0.355 e. The maximum absolute atomic E-state index is 12.6. The molecule has 162 valence electrons. The molecule has 4 heterocycles. The Morgan fingerprint density at radius 1 is 0.719 bits per heavy atom. The van der Waals surface area contributed by atoms with Crippen molar-refractivity contribution < 1.29 is 19.1 Å². The third kappa shape index (κ3) is 4.15. The molecule has 4 rings (SSSR count). The number of hydrogen-bond acceptors (Lipinski definition) is 6. The number of H-pyrrole nitrogens is 2. The van der Waals surface area contributed by atoms with Crippen LogP contribution in [0.4, 0.5) is 0 Å². The Morgan fingerprint density at radius 2 is 1.09 bits per heavy atom. The number of esters is 2. The number of nitrogens with zero attached hydrogens (tertiary/aromatic N) is 2. The summed E-state index contributed by atoms with van der Waals surface area (Å²) in [5.41, 5.74) is 4.90. The molecule has 8 heteroatoms. The lowest BCUT2D eigenvalue weighted by molar-refractivity contribution is 0.0511. The zero-order valence-corrected chi connectivity index (χ0v) is 17.7. The molecule has 0 aliphatic carbocycles. The monoisotopic (exact) mass is 430 g/mol. The van der Waals surface area contributed by atoms with Crippen LogP contribution in [0.5, 0.6) is 0 Å². The van der Waals surface area contributed by atoms with E-state index in [1.807, 2.05) is 36.4 Å². The Morgan fingerprint density at radius 3 is 1.44 bits per heavy atom. The van der Waals surface area contributed by atoms with E-state index in [9.17, 15) is 9.59 Å². The molecule has 0 aliphatic rings. The Hall–Kier alpha value is -4.20. The molecule has 0 atom stereocenters. The zero-order valence-electron chi connectivity index (χ0n) is 17.7. The fourth-order valence-electron chi connectivity index (χ4n) is 3.45. The molecular weight excluding hydrogens is 408 g/mol. The molecule has 32 heavy (non-hydrogen) atoms. The summed E-state index contributed by atoms with van der Waals surface area (Å²) in [4.78, 5) is 39.6. The largest absolute Gasteiger partial charge is 0.461 e. The van der Waals surface area contributed by atoms with E-state index in [-0.39, 0.29) is 13.2 Å². The summed E-state index contributed by atoms with van der Waals surface area (Å²) in [5, 5.41) is 0. The summed E-state index contributed by atoms with van der Waals surface area (Å²) >= 11 is 0. The number of aromatic nitrogens is 4. The lowest BCUT2D eigenvalue weighted by atomic mass is 10.1. The van der Waals surface area contributed by atoms with Gasteiger partial charge in [0.1, 0.15) is 11.4 Å². The number of rotatable bonds is 7. The van der Waals surface area contributed by atoms with E-state index in [1.165, 1.54) is 0 Å². The third-order valence-electron chi connectivity index (χ3n) is 4.87. The van der Waals surface area contributed by atoms with Crippen molar-refractivity contribution in [2.24, 2.45) is 0 Å². The number of carbonyl (C=O) groups is 2. The normalized spacial score (nSPS) is 10.7. The Balaban J connectivity index is 1.84. The molecule has 0 saturated carbocycles. The van der Waals surface area contributed by atoms with E-state index < -0.39 is 11.9 Å².